The second-order valence-electron chi connectivity index (χ2n) is 7.06. The van der Waals surface area contributed by atoms with Gasteiger partial charge in [-0.25, -0.2) is 9.97 Å². The van der Waals surface area contributed by atoms with Crippen molar-refractivity contribution in [1.82, 2.24) is 24.6 Å². The zero-order valence-electron chi connectivity index (χ0n) is 13.7. The molecular weight excluding hydrogens is 288 g/mol. The topological polar surface area (TPSA) is 50.1 Å². The molecule has 0 aromatic carbocycles. The van der Waals surface area contributed by atoms with Gasteiger partial charge in [-0.15, -0.1) is 0 Å². The first-order valence-electron chi connectivity index (χ1n) is 8.44. The van der Waals surface area contributed by atoms with E-state index >= 15 is 0 Å². The van der Waals surface area contributed by atoms with Crippen LogP contribution in [0.3, 0.4) is 0 Å². The van der Waals surface area contributed by atoms with Crippen molar-refractivity contribution in [1.29, 1.82) is 0 Å². The summed E-state index contributed by atoms with van der Waals surface area (Å²) in [4.78, 5) is 13.8. The lowest BCUT2D eigenvalue weighted by atomic mass is 9.79. The van der Waals surface area contributed by atoms with Gasteiger partial charge in [0.15, 0.2) is 0 Å². The van der Waals surface area contributed by atoms with E-state index in [-0.39, 0.29) is 0 Å². The summed E-state index contributed by atoms with van der Waals surface area (Å²) in [5, 5.41) is 4.28. The van der Waals surface area contributed by atoms with Crippen molar-refractivity contribution in [3.8, 4) is 0 Å². The van der Waals surface area contributed by atoms with Crippen LogP contribution in [-0.2, 0) is 13.6 Å². The number of hydrogen-bond acceptors (Lipinski definition) is 5. The molecule has 2 aromatic heterocycles. The van der Waals surface area contributed by atoms with Crippen molar-refractivity contribution in [2.45, 2.75) is 25.8 Å². The summed E-state index contributed by atoms with van der Waals surface area (Å²) in [5.41, 5.74) is 1.71. The molecule has 0 saturated carbocycles. The molecule has 0 N–H and O–H groups in total. The maximum Gasteiger partial charge on any atom is 0.225 e. The Morgan fingerprint density at radius 2 is 2.00 bits per heavy atom. The normalized spacial score (nSPS) is 25.3. The van der Waals surface area contributed by atoms with Gasteiger partial charge < -0.3 is 4.90 Å². The second kappa shape index (κ2) is 5.92. The minimum absolute atomic E-state index is 0.402. The lowest BCUT2D eigenvalue weighted by Gasteiger charge is -2.40. The van der Waals surface area contributed by atoms with Gasteiger partial charge >= 0.3 is 0 Å². The standard InChI is InChI=1S/C17H24N6/c1-21-11-15(10-20-21)12-22-9-5-17(13-22)4-2-8-23(14-17)16-18-6-3-7-19-16/h3,6-7,10-11H,2,4-5,8-9,12-14H2,1H3. The second-order valence-corrected chi connectivity index (χ2v) is 7.06. The predicted molar refractivity (Wildman–Crippen MR) is 89.0 cm³/mol. The van der Waals surface area contributed by atoms with Gasteiger partial charge in [-0.2, -0.15) is 5.10 Å². The number of likely N-dealkylation sites (tertiary alicyclic amines) is 1. The number of aromatic nitrogens is 4. The number of rotatable bonds is 3. The number of aryl methyl sites for hydroxylation is 1. The Labute approximate surface area is 137 Å². The zero-order valence-corrected chi connectivity index (χ0v) is 13.7. The first kappa shape index (κ1) is 14.6. The number of hydrogen-bond donors (Lipinski definition) is 0. The third-order valence-corrected chi connectivity index (χ3v) is 5.18. The van der Waals surface area contributed by atoms with Crippen molar-refractivity contribution in [3.05, 3.63) is 36.4 Å². The van der Waals surface area contributed by atoms with Crippen LogP contribution < -0.4 is 4.90 Å². The van der Waals surface area contributed by atoms with E-state index in [1.807, 2.05) is 36.4 Å². The van der Waals surface area contributed by atoms with Crippen LogP contribution in [-0.4, -0.2) is 50.8 Å². The van der Waals surface area contributed by atoms with Gasteiger partial charge in [0.05, 0.1) is 6.20 Å². The Bertz CT molecular complexity index is 654. The van der Waals surface area contributed by atoms with Crippen molar-refractivity contribution >= 4 is 5.95 Å². The number of nitrogens with zero attached hydrogens (tertiary/aromatic N) is 6. The largest absolute Gasteiger partial charge is 0.340 e. The Morgan fingerprint density at radius 3 is 2.78 bits per heavy atom. The van der Waals surface area contributed by atoms with Crippen LogP contribution in [0, 0.1) is 5.41 Å². The molecule has 2 aliphatic heterocycles. The first-order valence-corrected chi connectivity index (χ1v) is 8.44. The van der Waals surface area contributed by atoms with E-state index < -0.39 is 0 Å². The quantitative estimate of drug-likeness (QED) is 0.863. The predicted octanol–water partition coefficient (Wildman–Crippen LogP) is 1.70. The van der Waals surface area contributed by atoms with Crippen LogP contribution in [0.2, 0.25) is 0 Å². The van der Waals surface area contributed by atoms with Crippen molar-refractivity contribution < 1.29 is 0 Å². The van der Waals surface area contributed by atoms with E-state index in [4.69, 9.17) is 0 Å². The fourth-order valence-corrected chi connectivity index (χ4v) is 4.14. The molecule has 1 atom stereocenters. The molecule has 2 aromatic rings. The molecule has 0 aliphatic carbocycles. The average Bonchev–Trinajstić information content (AvgIpc) is 3.15. The minimum atomic E-state index is 0.402. The van der Waals surface area contributed by atoms with E-state index in [0.717, 1.165) is 25.6 Å². The molecule has 23 heavy (non-hydrogen) atoms. The SMILES string of the molecule is Cn1cc(CN2CCC3(CCCN(c4ncccn4)C3)C2)cn1. The van der Waals surface area contributed by atoms with Crippen LogP contribution in [0.5, 0.6) is 0 Å². The van der Waals surface area contributed by atoms with Gasteiger partial charge in [0.2, 0.25) is 5.95 Å². The van der Waals surface area contributed by atoms with E-state index in [1.165, 1.54) is 37.9 Å². The van der Waals surface area contributed by atoms with Gasteiger partial charge in [0, 0.05) is 62.8 Å². The molecule has 4 rings (SSSR count). The van der Waals surface area contributed by atoms with Crippen LogP contribution in [0.4, 0.5) is 5.95 Å². The number of anilines is 1. The third-order valence-electron chi connectivity index (χ3n) is 5.18. The fraction of sp³-hybridized carbons (Fsp3) is 0.588. The highest BCUT2D eigenvalue weighted by molar-refractivity contribution is 5.30. The van der Waals surface area contributed by atoms with Gasteiger partial charge in [-0.05, 0) is 31.9 Å². The summed E-state index contributed by atoms with van der Waals surface area (Å²) in [6, 6.07) is 1.88. The van der Waals surface area contributed by atoms with E-state index in [0.29, 0.717) is 5.41 Å². The molecule has 1 spiro atoms. The highest BCUT2D eigenvalue weighted by atomic mass is 15.3. The molecule has 122 valence electrons. The molecule has 4 heterocycles. The van der Waals surface area contributed by atoms with Gasteiger partial charge in [0.1, 0.15) is 0 Å². The summed E-state index contributed by atoms with van der Waals surface area (Å²) in [6.45, 7) is 5.52. The Kier molecular flexibility index (Phi) is 3.77. The smallest absolute Gasteiger partial charge is 0.225 e. The van der Waals surface area contributed by atoms with Crippen molar-refractivity contribution in [3.63, 3.8) is 0 Å². The Hall–Kier alpha value is -1.95. The summed E-state index contributed by atoms with van der Waals surface area (Å²) >= 11 is 0. The van der Waals surface area contributed by atoms with Gasteiger partial charge in [-0.1, -0.05) is 0 Å². The summed E-state index contributed by atoms with van der Waals surface area (Å²) in [7, 11) is 1.98. The third kappa shape index (κ3) is 3.08. The highest BCUT2D eigenvalue weighted by Gasteiger charge is 2.41. The van der Waals surface area contributed by atoms with Crippen LogP contribution in [0.25, 0.3) is 0 Å². The number of piperidine rings is 1. The summed E-state index contributed by atoms with van der Waals surface area (Å²) in [6.07, 6.45) is 11.6. The van der Waals surface area contributed by atoms with Crippen LogP contribution >= 0.6 is 0 Å². The molecule has 2 saturated heterocycles. The summed E-state index contributed by atoms with van der Waals surface area (Å²) in [5.74, 6) is 0.886. The monoisotopic (exact) mass is 312 g/mol. The molecule has 6 heteroatoms. The molecule has 2 aliphatic rings. The maximum absolute atomic E-state index is 4.44. The van der Waals surface area contributed by atoms with Crippen LogP contribution in [0.1, 0.15) is 24.8 Å². The molecule has 6 nitrogen and oxygen atoms in total. The summed E-state index contributed by atoms with van der Waals surface area (Å²) < 4.78 is 1.89. The van der Waals surface area contributed by atoms with Gasteiger partial charge in [0.25, 0.3) is 0 Å². The average molecular weight is 312 g/mol. The van der Waals surface area contributed by atoms with E-state index in [2.05, 4.69) is 31.1 Å². The van der Waals surface area contributed by atoms with Crippen molar-refractivity contribution in [2.75, 3.05) is 31.1 Å². The Balaban J connectivity index is 1.42. The van der Waals surface area contributed by atoms with Crippen molar-refractivity contribution in [2.24, 2.45) is 12.5 Å². The molecule has 0 radical (unpaired) electrons. The lowest BCUT2D eigenvalue weighted by Crippen LogP contribution is -2.45. The minimum Gasteiger partial charge on any atom is -0.340 e. The molecule has 1 unspecified atom stereocenters. The lowest BCUT2D eigenvalue weighted by molar-refractivity contribution is 0.215. The molecular formula is C17H24N6. The fourth-order valence-electron chi connectivity index (χ4n) is 4.14. The highest BCUT2D eigenvalue weighted by Crippen LogP contribution is 2.40. The Morgan fingerprint density at radius 1 is 1.13 bits per heavy atom. The van der Waals surface area contributed by atoms with Gasteiger partial charge in [-0.3, -0.25) is 9.58 Å². The first-order chi connectivity index (χ1) is 11.2. The van der Waals surface area contributed by atoms with E-state index in [9.17, 15) is 0 Å². The molecule has 0 bridgehead atoms. The maximum atomic E-state index is 4.44. The van der Waals surface area contributed by atoms with E-state index in [1.54, 1.807) is 0 Å². The molecule has 0 amide bonds. The zero-order chi connectivity index (χ0) is 15.7. The van der Waals surface area contributed by atoms with Crippen LogP contribution in [0.15, 0.2) is 30.9 Å². The molecule has 2 fully saturated rings.